The highest BCUT2D eigenvalue weighted by molar-refractivity contribution is 5.92. The molecule has 1 spiro atoms. The Morgan fingerprint density at radius 3 is 2.92 bits per heavy atom. The number of nitriles is 1. The molecule has 0 aromatic heterocycles. The lowest BCUT2D eigenvalue weighted by Gasteiger charge is -2.32. The molecule has 6 unspecified atom stereocenters. The summed E-state index contributed by atoms with van der Waals surface area (Å²) in [6.07, 6.45) is 8.10. The van der Waals surface area contributed by atoms with Crippen molar-refractivity contribution in [3.63, 3.8) is 0 Å². The molecule has 2 saturated heterocycles. The highest BCUT2D eigenvalue weighted by Gasteiger charge is 2.65. The monoisotopic (exact) mass is 500 g/mol. The second-order valence-corrected chi connectivity index (χ2v) is 11.8. The minimum atomic E-state index is -0.749. The molecule has 0 radical (unpaired) electrons. The minimum Gasteiger partial charge on any atom is -0.493 e. The maximum absolute atomic E-state index is 14.1. The fourth-order valence-corrected chi connectivity index (χ4v) is 8.22. The number of likely N-dealkylation sites (tertiary alicyclic amines) is 1. The van der Waals surface area contributed by atoms with Crippen molar-refractivity contribution in [3.05, 3.63) is 42.0 Å². The highest BCUT2D eigenvalue weighted by atomic mass is 16.5. The number of nitrogens with one attached hydrogen (secondary N) is 2. The summed E-state index contributed by atoms with van der Waals surface area (Å²) in [4.78, 5) is 41.8. The van der Waals surface area contributed by atoms with E-state index in [-0.39, 0.29) is 46.8 Å². The number of para-hydroxylation sites is 1. The summed E-state index contributed by atoms with van der Waals surface area (Å²) >= 11 is 0. The smallest absolute Gasteiger partial charge is 0.244 e. The molecule has 8 heteroatoms. The van der Waals surface area contributed by atoms with Gasteiger partial charge in [-0.2, -0.15) is 5.26 Å². The zero-order chi connectivity index (χ0) is 25.3. The van der Waals surface area contributed by atoms with Gasteiger partial charge in [0.1, 0.15) is 17.8 Å². The van der Waals surface area contributed by atoms with E-state index in [9.17, 15) is 19.6 Å². The molecular weight excluding hydrogens is 468 g/mol. The second-order valence-electron chi connectivity index (χ2n) is 11.8. The molecule has 2 bridgehead atoms. The van der Waals surface area contributed by atoms with Gasteiger partial charge in [0.25, 0.3) is 0 Å². The van der Waals surface area contributed by atoms with Crippen molar-refractivity contribution in [2.75, 3.05) is 19.7 Å². The first-order valence-electron chi connectivity index (χ1n) is 13.7. The second kappa shape index (κ2) is 8.34. The number of rotatable bonds is 5. The van der Waals surface area contributed by atoms with E-state index in [2.05, 4.69) is 34.9 Å². The van der Waals surface area contributed by atoms with Gasteiger partial charge in [-0.25, -0.2) is 0 Å². The molecule has 4 fully saturated rings. The van der Waals surface area contributed by atoms with Gasteiger partial charge in [0, 0.05) is 35.9 Å². The Hall–Kier alpha value is -3.34. The average Bonchev–Trinajstić information content (AvgIpc) is 3.37. The predicted octanol–water partition coefficient (Wildman–Crippen LogP) is 1.91. The van der Waals surface area contributed by atoms with Crippen LogP contribution in [0.15, 0.2) is 36.4 Å². The van der Waals surface area contributed by atoms with Gasteiger partial charge >= 0.3 is 0 Å². The third kappa shape index (κ3) is 3.43. The lowest BCUT2D eigenvalue weighted by atomic mass is 9.81. The standard InChI is InChI=1S/C29H32N4O4/c30-14-19(12-18-7-9-31-26(18)34)32-27(35)25-24-17-6-5-16(11-17)20(24)15-33(25)28(36)22-13-29(22)8-10-37-23-4-2-1-3-21(23)29/h1-6,16-20,22,24-25H,7-13,15H2,(H,31,34)(H,32,35)/t16?,17?,18?,19?,20?,22-,24-,25?,29-/m0/s1. The Balaban J connectivity index is 1.13. The summed E-state index contributed by atoms with van der Waals surface area (Å²) in [6.45, 7) is 1.81. The number of carbonyl (C=O) groups is 3. The van der Waals surface area contributed by atoms with Crippen LogP contribution in [0.3, 0.4) is 0 Å². The van der Waals surface area contributed by atoms with Crippen LogP contribution in [0, 0.1) is 46.8 Å². The number of ether oxygens (including phenoxy) is 1. The minimum absolute atomic E-state index is 0.0544. The number of amides is 3. The van der Waals surface area contributed by atoms with Crippen LogP contribution in [0.5, 0.6) is 5.75 Å². The fourth-order valence-electron chi connectivity index (χ4n) is 8.22. The first-order valence-corrected chi connectivity index (χ1v) is 13.7. The Morgan fingerprint density at radius 2 is 2.11 bits per heavy atom. The van der Waals surface area contributed by atoms with E-state index in [1.54, 1.807) is 0 Å². The predicted molar refractivity (Wildman–Crippen MR) is 133 cm³/mol. The van der Waals surface area contributed by atoms with Gasteiger partial charge in [-0.05, 0) is 61.8 Å². The topological polar surface area (TPSA) is 112 Å². The summed E-state index contributed by atoms with van der Waals surface area (Å²) in [5, 5.41) is 15.5. The number of hydrogen-bond donors (Lipinski definition) is 2. The maximum atomic E-state index is 14.1. The fraction of sp³-hybridized carbons (Fsp3) is 0.586. The molecular formula is C29H32N4O4. The highest BCUT2D eigenvalue weighted by Crippen LogP contribution is 2.62. The lowest BCUT2D eigenvalue weighted by molar-refractivity contribution is -0.141. The number of nitrogens with zero attached hydrogens (tertiary/aromatic N) is 2. The van der Waals surface area contributed by atoms with Crippen LogP contribution in [0.2, 0.25) is 0 Å². The molecule has 3 heterocycles. The quantitative estimate of drug-likeness (QED) is 0.600. The van der Waals surface area contributed by atoms with Crippen molar-refractivity contribution >= 4 is 17.7 Å². The first kappa shape index (κ1) is 22.8. The van der Waals surface area contributed by atoms with Crippen LogP contribution in [-0.2, 0) is 19.8 Å². The zero-order valence-electron chi connectivity index (χ0n) is 20.8. The summed E-state index contributed by atoms with van der Waals surface area (Å²) < 4.78 is 5.87. The van der Waals surface area contributed by atoms with Crippen molar-refractivity contribution in [1.29, 1.82) is 5.26 Å². The van der Waals surface area contributed by atoms with Crippen LogP contribution in [0.25, 0.3) is 0 Å². The lowest BCUT2D eigenvalue weighted by Crippen LogP contribution is -2.52. The van der Waals surface area contributed by atoms with Gasteiger partial charge in [0.05, 0.1) is 12.7 Å². The van der Waals surface area contributed by atoms with E-state index < -0.39 is 12.1 Å². The third-order valence-electron chi connectivity index (χ3n) is 10.1. The van der Waals surface area contributed by atoms with Crippen molar-refractivity contribution in [3.8, 4) is 11.8 Å². The van der Waals surface area contributed by atoms with E-state index in [0.29, 0.717) is 44.4 Å². The molecule has 2 saturated carbocycles. The molecule has 37 heavy (non-hydrogen) atoms. The van der Waals surface area contributed by atoms with Gasteiger partial charge in [0.15, 0.2) is 0 Å². The van der Waals surface area contributed by atoms with E-state index in [1.807, 2.05) is 23.1 Å². The van der Waals surface area contributed by atoms with Crippen LogP contribution in [0.1, 0.15) is 37.7 Å². The molecule has 9 atom stereocenters. The van der Waals surface area contributed by atoms with Crippen LogP contribution in [0.4, 0.5) is 0 Å². The Kier molecular flexibility index (Phi) is 5.14. The van der Waals surface area contributed by atoms with Crippen molar-refractivity contribution < 1.29 is 19.1 Å². The summed E-state index contributed by atoms with van der Waals surface area (Å²) in [6, 6.07) is 8.88. The molecule has 7 rings (SSSR count). The molecule has 8 nitrogen and oxygen atoms in total. The van der Waals surface area contributed by atoms with Gasteiger partial charge in [0.2, 0.25) is 17.7 Å². The number of carbonyl (C=O) groups excluding carboxylic acids is 3. The normalized spacial score (nSPS) is 38.9. The van der Waals surface area contributed by atoms with Gasteiger partial charge in [-0.3, -0.25) is 14.4 Å². The molecule has 3 amide bonds. The summed E-state index contributed by atoms with van der Waals surface area (Å²) in [5.74, 6) is 1.31. The number of fused-ring (bicyclic) bond motifs is 7. The van der Waals surface area contributed by atoms with Crippen molar-refractivity contribution in [2.24, 2.45) is 35.5 Å². The van der Waals surface area contributed by atoms with E-state index in [4.69, 9.17) is 4.74 Å². The van der Waals surface area contributed by atoms with Crippen LogP contribution in [-0.4, -0.2) is 54.4 Å². The zero-order valence-corrected chi connectivity index (χ0v) is 20.8. The van der Waals surface area contributed by atoms with Crippen molar-refractivity contribution in [2.45, 2.75) is 49.6 Å². The van der Waals surface area contributed by atoms with E-state index >= 15 is 0 Å². The van der Waals surface area contributed by atoms with Crippen molar-refractivity contribution in [1.82, 2.24) is 15.5 Å². The Bertz CT molecular complexity index is 1240. The summed E-state index contributed by atoms with van der Waals surface area (Å²) in [5.41, 5.74) is 0.911. The molecule has 2 N–H and O–H groups in total. The molecule has 1 aromatic rings. The SMILES string of the molecule is N#CC(CC1CCNC1=O)NC(=O)C1[C@H]2C3C=CC(C3)C2CN1C(=O)[C@@H]1C[C@]12CCOc1ccccc12. The number of hydrogen-bond acceptors (Lipinski definition) is 5. The third-order valence-corrected chi connectivity index (χ3v) is 10.1. The van der Waals surface area contributed by atoms with Gasteiger partial charge < -0.3 is 20.3 Å². The van der Waals surface area contributed by atoms with E-state index in [1.165, 1.54) is 0 Å². The number of benzene rings is 1. The first-order chi connectivity index (χ1) is 18.0. The van der Waals surface area contributed by atoms with Gasteiger partial charge in [-0.15, -0.1) is 0 Å². The van der Waals surface area contributed by atoms with Crippen LogP contribution >= 0.6 is 0 Å². The number of allylic oxidation sites excluding steroid dienone is 2. The van der Waals surface area contributed by atoms with Crippen LogP contribution < -0.4 is 15.4 Å². The average molecular weight is 501 g/mol. The summed E-state index contributed by atoms with van der Waals surface area (Å²) in [7, 11) is 0. The Morgan fingerprint density at radius 1 is 1.27 bits per heavy atom. The van der Waals surface area contributed by atoms with E-state index in [0.717, 1.165) is 30.6 Å². The maximum Gasteiger partial charge on any atom is 0.244 e. The largest absolute Gasteiger partial charge is 0.493 e. The molecule has 3 aliphatic heterocycles. The molecule has 192 valence electrons. The Labute approximate surface area is 216 Å². The van der Waals surface area contributed by atoms with Gasteiger partial charge in [-0.1, -0.05) is 30.4 Å². The molecule has 3 aliphatic carbocycles. The molecule has 1 aromatic carbocycles. The molecule has 6 aliphatic rings.